The number of hydrogen-bond donors (Lipinski definition) is 1. The molecule has 0 radical (unpaired) electrons. The molecule has 3 heterocycles. The molecule has 2 saturated heterocycles. The predicted molar refractivity (Wildman–Crippen MR) is 121 cm³/mol. The summed E-state index contributed by atoms with van der Waals surface area (Å²) >= 11 is 7.40. The molecule has 2 aliphatic heterocycles. The van der Waals surface area contributed by atoms with Crippen molar-refractivity contribution in [2.45, 2.75) is 28.1 Å². The van der Waals surface area contributed by atoms with Crippen LogP contribution in [0.15, 0.2) is 54.1 Å². The van der Waals surface area contributed by atoms with Gasteiger partial charge in [0, 0.05) is 24.5 Å². The van der Waals surface area contributed by atoms with E-state index in [1.165, 1.54) is 34.6 Å². The molecule has 4 rings (SSSR count). The number of nitrogens with zero attached hydrogens (tertiary/aromatic N) is 2. The van der Waals surface area contributed by atoms with Gasteiger partial charge in [-0.3, -0.25) is 4.79 Å². The van der Waals surface area contributed by atoms with Crippen LogP contribution in [0.1, 0.15) is 12.0 Å². The van der Waals surface area contributed by atoms with E-state index >= 15 is 0 Å². The smallest absolute Gasteiger partial charge is 0.417 e. The lowest BCUT2D eigenvalue weighted by Gasteiger charge is -2.19. The quantitative estimate of drug-likeness (QED) is 0.557. The fourth-order valence-corrected chi connectivity index (χ4v) is 7.30. The van der Waals surface area contributed by atoms with Crippen LogP contribution >= 0.6 is 23.4 Å². The fraction of sp³-hybridized carbons (Fsp3) is 0.333. The second kappa shape index (κ2) is 9.40. The van der Waals surface area contributed by atoms with Gasteiger partial charge in [-0.2, -0.15) is 17.5 Å². The van der Waals surface area contributed by atoms with Gasteiger partial charge in [0.1, 0.15) is 10.8 Å². The number of carbonyl (C=O) groups is 1. The third-order valence-corrected chi connectivity index (χ3v) is 9.14. The van der Waals surface area contributed by atoms with Crippen molar-refractivity contribution < 1.29 is 31.1 Å². The Labute approximate surface area is 203 Å². The highest BCUT2D eigenvalue weighted by molar-refractivity contribution is 8.00. The number of pyridine rings is 1. The Hall–Kier alpha value is -2.28. The molecule has 34 heavy (non-hydrogen) atoms. The van der Waals surface area contributed by atoms with Crippen LogP contribution in [0.3, 0.4) is 0 Å². The van der Waals surface area contributed by atoms with Crippen molar-refractivity contribution in [3.05, 3.63) is 59.8 Å². The molecule has 1 aromatic heterocycles. The Morgan fingerprint density at radius 3 is 2.59 bits per heavy atom. The van der Waals surface area contributed by atoms with Crippen LogP contribution in [0.4, 0.5) is 13.2 Å². The summed E-state index contributed by atoms with van der Waals surface area (Å²) in [7, 11) is -3.75. The highest BCUT2D eigenvalue weighted by atomic mass is 35.5. The number of halogens is 4. The number of alkyl halides is 3. The Bertz CT molecular complexity index is 1190. The summed E-state index contributed by atoms with van der Waals surface area (Å²) in [5.74, 6) is -0.182. The van der Waals surface area contributed by atoms with Crippen molar-refractivity contribution in [1.29, 1.82) is 0 Å². The molecule has 1 N–H and O–H groups in total. The molecule has 13 heteroatoms. The number of amides is 1. The number of ether oxygens (including phenoxy) is 1. The van der Waals surface area contributed by atoms with Crippen molar-refractivity contribution in [2.24, 2.45) is 5.92 Å². The largest absolute Gasteiger partial charge is 0.438 e. The van der Waals surface area contributed by atoms with Gasteiger partial charge in [-0.05, 0) is 48.7 Å². The molecule has 3 atom stereocenters. The van der Waals surface area contributed by atoms with Crippen molar-refractivity contribution in [1.82, 2.24) is 14.6 Å². The summed E-state index contributed by atoms with van der Waals surface area (Å²) in [5.41, 5.74) is -1.01. The van der Waals surface area contributed by atoms with E-state index in [0.29, 0.717) is 31.8 Å². The van der Waals surface area contributed by atoms with Crippen LogP contribution in [0.2, 0.25) is 5.02 Å². The lowest BCUT2D eigenvalue weighted by Crippen LogP contribution is -2.33. The summed E-state index contributed by atoms with van der Waals surface area (Å²) in [6, 6.07) is 6.19. The number of rotatable bonds is 6. The van der Waals surface area contributed by atoms with Crippen LogP contribution in [0.5, 0.6) is 11.6 Å². The maximum absolute atomic E-state index is 13.1. The third-order valence-electron chi connectivity index (χ3n) is 5.50. The number of nitrogens with one attached hydrogen (secondary N) is 1. The zero-order valence-electron chi connectivity index (χ0n) is 17.5. The van der Waals surface area contributed by atoms with E-state index in [4.69, 9.17) is 16.3 Å². The normalized spacial score (nSPS) is 22.9. The van der Waals surface area contributed by atoms with Crippen LogP contribution in [-0.4, -0.2) is 47.3 Å². The molecule has 2 aliphatic rings. The van der Waals surface area contributed by atoms with Crippen LogP contribution in [-0.2, 0) is 21.0 Å². The van der Waals surface area contributed by atoms with Crippen molar-refractivity contribution in [3.8, 4) is 11.6 Å². The first-order chi connectivity index (χ1) is 16.0. The number of benzene rings is 1. The van der Waals surface area contributed by atoms with Crippen molar-refractivity contribution in [3.63, 3.8) is 0 Å². The topological polar surface area (TPSA) is 88.6 Å². The second-order valence-electron chi connectivity index (χ2n) is 7.78. The van der Waals surface area contributed by atoms with E-state index in [2.05, 4.69) is 16.9 Å². The summed E-state index contributed by atoms with van der Waals surface area (Å²) in [6.45, 7) is 4.12. The predicted octanol–water partition coefficient (Wildman–Crippen LogP) is 4.30. The van der Waals surface area contributed by atoms with E-state index in [1.54, 1.807) is 11.8 Å². The maximum atomic E-state index is 13.1. The molecule has 182 valence electrons. The second-order valence-corrected chi connectivity index (χ2v) is 11.6. The number of hydrogen-bond acceptors (Lipinski definition) is 6. The molecule has 0 spiro atoms. The van der Waals surface area contributed by atoms with Crippen molar-refractivity contribution >= 4 is 39.3 Å². The first-order valence-electron chi connectivity index (χ1n) is 10.1. The van der Waals surface area contributed by atoms with Gasteiger partial charge < -0.3 is 10.1 Å². The zero-order chi connectivity index (χ0) is 24.7. The molecule has 0 bridgehead atoms. The molecule has 0 saturated carbocycles. The lowest BCUT2D eigenvalue weighted by atomic mass is 10.1. The van der Waals surface area contributed by atoms with Gasteiger partial charge in [0.05, 0.1) is 15.8 Å². The highest BCUT2D eigenvalue weighted by Crippen LogP contribution is 2.43. The van der Waals surface area contributed by atoms with Gasteiger partial charge in [-0.1, -0.05) is 18.2 Å². The lowest BCUT2D eigenvalue weighted by molar-refractivity contribution is -0.137. The molecule has 1 aromatic carbocycles. The number of aromatic nitrogens is 1. The van der Waals surface area contributed by atoms with Gasteiger partial charge in [-0.15, -0.1) is 11.8 Å². The van der Waals surface area contributed by atoms with E-state index in [1.807, 2.05) is 0 Å². The number of sulfonamides is 1. The van der Waals surface area contributed by atoms with Gasteiger partial charge in [0.2, 0.25) is 21.8 Å². The molecule has 7 nitrogen and oxygen atoms in total. The standard InChI is InChI=1S/C21H19ClF3N3O4S2/c1-2-18(29)27-19-7-12-10-28(11-17(12)33-19)34(30,31)15-5-3-14(4-6-15)32-20-16(22)8-13(9-26-20)21(23,24)25/h2-6,8-9,12,17,19H,1,7,10-11H2,(H,27,29). The van der Waals surface area contributed by atoms with Gasteiger partial charge in [-0.25, -0.2) is 13.4 Å². The molecule has 1 amide bonds. The van der Waals surface area contributed by atoms with E-state index in [-0.39, 0.29) is 44.0 Å². The first-order valence-corrected chi connectivity index (χ1v) is 12.8. The van der Waals surface area contributed by atoms with Crippen LogP contribution in [0, 0.1) is 5.92 Å². The SMILES string of the molecule is C=CC(=O)NC1CC2CN(S(=O)(=O)c3ccc(Oc4ncc(C(F)(F)F)cc4Cl)cc3)CC2S1. The molecule has 2 aromatic rings. The third kappa shape index (κ3) is 5.19. The average Bonchev–Trinajstić information content (AvgIpc) is 3.34. The average molecular weight is 534 g/mol. The maximum Gasteiger partial charge on any atom is 0.417 e. The molecular formula is C21H19ClF3N3O4S2. The molecular weight excluding hydrogens is 515 g/mol. The van der Waals surface area contributed by atoms with Gasteiger partial charge in [0.15, 0.2) is 0 Å². The minimum atomic E-state index is -4.59. The number of thioether (sulfide) groups is 1. The Kier molecular flexibility index (Phi) is 6.87. The minimum Gasteiger partial charge on any atom is -0.438 e. The van der Waals surface area contributed by atoms with Crippen LogP contribution in [0.25, 0.3) is 0 Å². The summed E-state index contributed by atoms with van der Waals surface area (Å²) in [4.78, 5) is 15.2. The Balaban J connectivity index is 1.40. The van der Waals surface area contributed by atoms with Crippen LogP contribution < -0.4 is 10.1 Å². The summed E-state index contributed by atoms with van der Waals surface area (Å²) < 4.78 is 71.2. The highest BCUT2D eigenvalue weighted by Gasteiger charge is 2.45. The number of fused-ring (bicyclic) bond motifs is 1. The van der Waals surface area contributed by atoms with Gasteiger partial charge >= 0.3 is 6.18 Å². The van der Waals surface area contributed by atoms with E-state index < -0.39 is 21.8 Å². The monoisotopic (exact) mass is 533 g/mol. The van der Waals surface area contributed by atoms with E-state index in [9.17, 15) is 26.4 Å². The Morgan fingerprint density at radius 1 is 1.29 bits per heavy atom. The molecule has 0 aliphatic carbocycles. The summed E-state index contributed by atoms with van der Waals surface area (Å²) in [6.07, 6.45) is -2.09. The van der Waals surface area contributed by atoms with E-state index in [0.717, 1.165) is 0 Å². The minimum absolute atomic E-state index is 0.0626. The molecule has 2 fully saturated rings. The first kappa shape index (κ1) is 24.8. The summed E-state index contributed by atoms with van der Waals surface area (Å²) in [5, 5.41) is 2.53. The fourth-order valence-electron chi connectivity index (χ4n) is 3.83. The van der Waals surface area contributed by atoms with Crippen molar-refractivity contribution in [2.75, 3.05) is 13.1 Å². The molecule has 3 unspecified atom stereocenters. The number of carbonyl (C=O) groups excluding carboxylic acids is 1. The zero-order valence-corrected chi connectivity index (χ0v) is 19.8. The van der Waals surface area contributed by atoms with Gasteiger partial charge in [0.25, 0.3) is 0 Å². The Morgan fingerprint density at radius 2 is 2.00 bits per heavy atom.